The summed E-state index contributed by atoms with van der Waals surface area (Å²) in [5.41, 5.74) is 1.12. The van der Waals surface area contributed by atoms with Crippen LogP contribution in [0.3, 0.4) is 0 Å². The topological polar surface area (TPSA) is 71.1 Å². The van der Waals surface area contributed by atoms with Gasteiger partial charge in [-0.3, -0.25) is 14.6 Å². The van der Waals surface area contributed by atoms with Crippen molar-refractivity contribution in [1.82, 2.24) is 10.3 Å². The third-order valence-electron chi connectivity index (χ3n) is 3.29. The smallest absolute Gasteiger partial charge is 0.270 e. The fourth-order valence-corrected chi connectivity index (χ4v) is 2.12. The summed E-state index contributed by atoms with van der Waals surface area (Å²) in [5.74, 6) is -0.592. The number of carbonyl (C=O) groups excluding carboxylic acids is 2. The minimum atomic E-state index is -0.337. The van der Waals surface area contributed by atoms with Gasteiger partial charge in [0.15, 0.2) is 0 Å². The van der Waals surface area contributed by atoms with Crippen molar-refractivity contribution in [3.63, 3.8) is 0 Å². The molecule has 1 aliphatic rings. The number of halogens is 1. The number of pyridine rings is 1. The molecule has 0 unspecified atom stereocenters. The maximum Gasteiger partial charge on any atom is 0.270 e. The first-order valence-electron chi connectivity index (χ1n) is 6.96. The summed E-state index contributed by atoms with van der Waals surface area (Å²) in [5, 5.41) is 6.01. The van der Waals surface area contributed by atoms with E-state index in [1.165, 1.54) is 12.3 Å². The minimum Gasteiger partial charge on any atom is -0.348 e. The van der Waals surface area contributed by atoms with E-state index in [1.807, 2.05) is 0 Å². The highest BCUT2D eigenvalue weighted by Crippen LogP contribution is 2.21. The van der Waals surface area contributed by atoms with Gasteiger partial charge in [0.05, 0.1) is 10.7 Å². The van der Waals surface area contributed by atoms with E-state index in [0.29, 0.717) is 16.3 Å². The van der Waals surface area contributed by atoms with Crippen LogP contribution in [-0.4, -0.2) is 22.8 Å². The number of nitrogens with zero attached hydrogens (tertiary/aromatic N) is 1. The molecule has 2 aromatic rings. The van der Waals surface area contributed by atoms with Crippen molar-refractivity contribution in [2.24, 2.45) is 0 Å². The molecule has 2 amide bonds. The summed E-state index contributed by atoms with van der Waals surface area (Å²) < 4.78 is 0. The van der Waals surface area contributed by atoms with Crippen LogP contribution >= 0.6 is 11.6 Å². The molecule has 1 aromatic carbocycles. The molecule has 22 heavy (non-hydrogen) atoms. The Morgan fingerprint density at radius 3 is 2.64 bits per heavy atom. The van der Waals surface area contributed by atoms with Crippen LogP contribution in [0.2, 0.25) is 5.02 Å². The average Bonchev–Trinajstić information content (AvgIpc) is 3.33. The molecule has 1 saturated carbocycles. The highest BCUT2D eigenvalue weighted by atomic mass is 35.5. The van der Waals surface area contributed by atoms with E-state index in [0.717, 1.165) is 12.8 Å². The summed E-state index contributed by atoms with van der Waals surface area (Å²) in [6.45, 7) is 0. The molecular formula is C16H14ClN3O2. The van der Waals surface area contributed by atoms with Crippen molar-refractivity contribution in [1.29, 1.82) is 0 Å². The second-order valence-corrected chi connectivity index (χ2v) is 5.52. The van der Waals surface area contributed by atoms with Gasteiger partial charge in [0.25, 0.3) is 11.8 Å². The van der Waals surface area contributed by atoms with E-state index in [2.05, 4.69) is 15.6 Å². The van der Waals surface area contributed by atoms with Crippen LogP contribution in [0.15, 0.2) is 42.6 Å². The number of nitrogens with one attached hydrogen (secondary N) is 2. The van der Waals surface area contributed by atoms with Gasteiger partial charge in [0.1, 0.15) is 5.69 Å². The van der Waals surface area contributed by atoms with E-state index >= 15 is 0 Å². The monoisotopic (exact) mass is 315 g/mol. The van der Waals surface area contributed by atoms with E-state index in [-0.39, 0.29) is 23.6 Å². The molecule has 0 saturated heterocycles. The van der Waals surface area contributed by atoms with Crippen LogP contribution in [-0.2, 0) is 0 Å². The molecule has 3 rings (SSSR count). The number of para-hydroxylation sites is 1. The lowest BCUT2D eigenvalue weighted by molar-refractivity contribution is 0.0946. The average molecular weight is 316 g/mol. The van der Waals surface area contributed by atoms with Crippen molar-refractivity contribution in [2.75, 3.05) is 5.32 Å². The van der Waals surface area contributed by atoms with Crippen LogP contribution < -0.4 is 10.6 Å². The van der Waals surface area contributed by atoms with Gasteiger partial charge in [-0.2, -0.15) is 0 Å². The molecule has 0 aliphatic heterocycles. The maximum atomic E-state index is 12.2. The molecule has 112 valence electrons. The van der Waals surface area contributed by atoms with Gasteiger partial charge in [0, 0.05) is 17.8 Å². The van der Waals surface area contributed by atoms with Gasteiger partial charge in [-0.1, -0.05) is 23.7 Å². The first kappa shape index (κ1) is 14.5. The fourth-order valence-electron chi connectivity index (χ4n) is 1.94. The molecule has 6 heteroatoms. The number of aromatic nitrogens is 1. The summed E-state index contributed by atoms with van der Waals surface area (Å²) in [6.07, 6.45) is 3.44. The highest BCUT2D eigenvalue weighted by Gasteiger charge is 2.24. The number of anilines is 1. The molecule has 1 fully saturated rings. The lowest BCUT2D eigenvalue weighted by atomic mass is 10.2. The van der Waals surface area contributed by atoms with Crippen molar-refractivity contribution in [3.8, 4) is 0 Å². The zero-order valence-electron chi connectivity index (χ0n) is 11.7. The number of hydrogen-bond acceptors (Lipinski definition) is 3. The Morgan fingerprint density at radius 2 is 1.91 bits per heavy atom. The number of rotatable bonds is 4. The lowest BCUT2D eigenvalue weighted by Gasteiger charge is -2.08. The summed E-state index contributed by atoms with van der Waals surface area (Å²) in [6, 6.07) is 10.2. The SMILES string of the molecule is O=C(Nc1ccccc1Cl)c1ccnc(C(=O)NC2CC2)c1. The Morgan fingerprint density at radius 1 is 1.14 bits per heavy atom. The van der Waals surface area contributed by atoms with Crippen LogP contribution in [0, 0.1) is 0 Å². The zero-order valence-corrected chi connectivity index (χ0v) is 12.4. The first-order valence-corrected chi connectivity index (χ1v) is 7.34. The largest absolute Gasteiger partial charge is 0.348 e. The number of benzene rings is 1. The number of hydrogen-bond donors (Lipinski definition) is 2. The second kappa shape index (κ2) is 6.15. The lowest BCUT2D eigenvalue weighted by Crippen LogP contribution is -2.26. The summed E-state index contributed by atoms with van der Waals surface area (Å²) in [4.78, 5) is 28.2. The summed E-state index contributed by atoms with van der Waals surface area (Å²) in [7, 11) is 0. The molecule has 1 aliphatic carbocycles. The normalized spacial score (nSPS) is 13.5. The summed E-state index contributed by atoms with van der Waals surface area (Å²) >= 11 is 6.01. The highest BCUT2D eigenvalue weighted by molar-refractivity contribution is 6.33. The Hall–Kier alpha value is -2.40. The Bertz CT molecular complexity index is 729. The molecule has 0 atom stereocenters. The molecule has 0 bridgehead atoms. The molecule has 1 aromatic heterocycles. The predicted molar refractivity (Wildman–Crippen MR) is 84.1 cm³/mol. The molecular weight excluding hydrogens is 302 g/mol. The van der Waals surface area contributed by atoms with Crippen LogP contribution in [0.1, 0.15) is 33.7 Å². The maximum absolute atomic E-state index is 12.2. The Balaban J connectivity index is 1.75. The van der Waals surface area contributed by atoms with Gasteiger partial charge >= 0.3 is 0 Å². The van der Waals surface area contributed by atoms with E-state index in [9.17, 15) is 9.59 Å². The third-order valence-corrected chi connectivity index (χ3v) is 3.62. The molecule has 5 nitrogen and oxygen atoms in total. The van der Waals surface area contributed by atoms with Crippen molar-refractivity contribution in [2.45, 2.75) is 18.9 Å². The molecule has 1 heterocycles. The van der Waals surface area contributed by atoms with Gasteiger partial charge < -0.3 is 10.6 Å². The van der Waals surface area contributed by atoms with E-state index < -0.39 is 0 Å². The first-order chi connectivity index (χ1) is 10.6. The molecule has 2 N–H and O–H groups in total. The van der Waals surface area contributed by atoms with Crippen molar-refractivity contribution >= 4 is 29.1 Å². The molecule has 0 spiro atoms. The van der Waals surface area contributed by atoms with Gasteiger partial charge in [0.2, 0.25) is 0 Å². The Kier molecular flexibility index (Phi) is 4.06. The number of carbonyl (C=O) groups is 2. The van der Waals surface area contributed by atoms with E-state index in [4.69, 9.17) is 11.6 Å². The van der Waals surface area contributed by atoms with Crippen molar-refractivity contribution < 1.29 is 9.59 Å². The Labute approximate surface area is 132 Å². The van der Waals surface area contributed by atoms with Crippen LogP contribution in [0.4, 0.5) is 5.69 Å². The quantitative estimate of drug-likeness (QED) is 0.911. The molecule has 0 radical (unpaired) electrons. The second-order valence-electron chi connectivity index (χ2n) is 5.11. The van der Waals surface area contributed by atoms with Gasteiger partial charge in [-0.25, -0.2) is 0 Å². The van der Waals surface area contributed by atoms with Crippen LogP contribution in [0.25, 0.3) is 0 Å². The predicted octanol–water partition coefficient (Wildman–Crippen LogP) is 2.88. The standard InChI is InChI=1S/C16H14ClN3O2/c17-12-3-1-2-4-13(12)20-15(21)10-7-8-18-14(9-10)16(22)19-11-5-6-11/h1-4,7-9,11H,5-6H2,(H,19,22)(H,20,21). The fraction of sp³-hybridized carbons (Fsp3) is 0.188. The minimum absolute atomic E-state index is 0.235. The van der Waals surface area contributed by atoms with Crippen molar-refractivity contribution in [3.05, 3.63) is 58.9 Å². The third kappa shape index (κ3) is 3.43. The van der Waals surface area contributed by atoms with E-state index in [1.54, 1.807) is 30.3 Å². The zero-order chi connectivity index (χ0) is 15.5. The number of amides is 2. The van der Waals surface area contributed by atoms with Gasteiger partial charge in [-0.15, -0.1) is 0 Å². The van der Waals surface area contributed by atoms with Gasteiger partial charge in [-0.05, 0) is 37.1 Å². The van der Waals surface area contributed by atoms with Crippen LogP contribution in [0.5, 0.6) is 0 Å².